The number of rotatable bonds is 5. The maximum absolute atomic E-state index is 13.1. The summed E-state index contributed by atoms with van der Waals surface area (Å²) >= 11 is 0. The molecule has 3 N–H and O–H groups in total. The highest BCUT2D eigenvalue weighted by Crippen LogP contribution is 2.28. The quantitative estimate of drug-likeness (QED) is 0.527. The molecule has 1 fully saturated rings. The third-order valence-corrected chi connectivity index (χ3v) is 5.59. The smallest absolute Gasteiger partial charge is 0.333 e. The van der Waals surface area contributed by atoms with Gasteiger partial charge in [0, 0.05) is 18.5 Å². The zero-order valence-corrected chi connectivity index (χ0v) is 16.8. The van der Waals surface area contributed by atoms with Gasteiger partial charge in [-0.3, -0.25) is 18.9 Å². The van der Waals surface area contributed by atoms with E-state index >= 15 is 0 Å². The summed E-state index contributed by atoms with van der Waals surface area (Å²) in [5.41, 5.74) is 2.09. The Labute approximate surface area is 177 Å². The molecular formula is C22H23N3O6. The van der Waals surface area contributed by atoms with Crippen molar-refractivity contribution >= 4 is 0 Å². The van der Waals surface area contributed by atoms with E-state index in [0.717, 1.165) is 25.8 Å². The minimum Gasteiger partial charge on any atom is -0.394 e. The van der Waals surface area contributed by atoms with Crippen molar-refractivity contribution in [1.82, 2.24) is 14.1 Å². The molecule has 31 heavy (non-hydrogen) atoms. The van der Waals surface area contributed by atoms with Crippen molar-refractivity contribution < 1.29 is 20.1 Å². The van der Waals surface area contributed by atoms with Crippen LogP contribution >= 0.6 is 0 Å². The van der Waals surface area contributed by atoms with E-state index in [4.69, 9.17) is 4.74 Å². The standard InChI is InChI=1S/C22H23N3O6/c1-13-15(14-5-3-2-4-6-14)7-9-23-16(13)11-25-18(27)8-10-24(22(25)30)21-20(29)19(28)17(12-26)31-21/h2-10,17,19-21,26,28-29H,11-12H2,1H3/t17-,19+,20?,21-/m1/s1. The molecule has 1 unspecified atom stereocenters. The molecule has 0 saturated carbocycles. The van der Waals surface area contributed by atoms with E-state index in [-0.39, 0.29) is 6.54 Å². The normalized spacial score (nSPS) is 23.2. The van der Waals surface area contributed by atoms with Crippen molar-refractivity contribution in [3.63, 3.8) is 0 Å². The first-order valence-corrected chi connectivity index (χ1v) is 9.86. The number of aromatic nitrogens is 3. The monoisotopic (exact) mass is 425 g/mol. The molecule has 0 aliphatic carbocycles. The fraction of sp³-hybridized carbons (Fsp3) is 0.318. The molecule has 9 heteroatoms. The second kappa shape index (κ2) is 8.56. The molecule has 0 radical (unpaired) electrons. The molecule has 0 amide bonds. The molecular weight excluding hydrogens is 402 g/mol. The van der Waals surface area contributed by atoms with Crippen LogP contribution in [0.4, 0.5) is 0 Å². The number of hydrogen-bond donors (Lipinski definition) is 3. The van der Waals surface area contributed by atoms with Crippen molar-refractivity contribution in [2.75, 3.05) is 6.61 Å². The number of benzene rings is 1. The topological polar surface area (TPSA) is 127 Å². The highest BCUT2D eigenvalue weighted by Gasteiger charge is 2.43. The number of aliphatic hydroxyl groups excluding tert-OH is 3. The summed E-state index contributed by atoms with van der Waals surface area (Å²) in [5.74, 6) is 0. The third-order valence-electron chi connectivity index (χ3n) is 5.59. The van der Waals surface area contributed by atoms with Gasteiger partial charge in [-0.15, -0.1) is 0 Å². The summed E-state index contributed by atoms with van der Waals surface area (Å²) in [6.07, 6.45) is -2.20. The van der Waals surface area contributed by atoms with E-state index in [2.05, 4.69) is 4.98 Å². The lowest BCUT2D eigenvalue weighted by Gasteiger charge is -2.19. The van der Waals surface area contributed by atoms with Gasteiger partial charge in [-0.1, -0.05) is 30.3 Å². The van der Waals surface area contributed by atoms with Crippen LogP contribution < -0.4 is 11.2 Å². The fourth-order valence-corrected chi connectivity index (χ4v) is 3.80. The van der Waals surface area contributed by atoms with Crippen LogP contribution in [0.1, 0.15) is 17.5 Å². The summed E-state index contributed by atoms with van der Waals surface area (Å²) in [6.45, 7) is 1.29. The molecule has 3 aromatic rings. The number of aliphatic hydroxyl groups is 3. The molecule has 1 aliphatic rings. The van der Waals surface area contributed by atoms with E-state index in [1.165, 1.54) is 12.3 Å². The highest BCUT2D eigenvalue weighted by molar-refractivity contribution is 5.67. The van der Waals surface area contributed by atoms with Crippen molar-refractivity contribution in [1.29, 1.82) is 0 Å². The summed E-state index contributed by atoms with van der Waals surface area (Å²) < 4.78 is 7.47. The van der Waals surface area contributed by atoms with Gasteiger partial charge in [0.25, 0.3) is 5.56 Å². The minimum atomic E-state index is -1.43. The van der Waals surface area contributed by atoms with Gasteiger partial charge in [-0.2, -0.15) is 0 Å². The van der Waals surface area contributed by atoms with Crippen LogP contribution in [0.25, 0.3) is 11.1 Å². The molecule has 2 aromatic heterocycles. The Hall–Kier alpha value is -3.11. The molecule has 0 bridgehead atoms. The van der Waals surface area contributed by atoms with Crippen LogP contribution in [-0.2, 0) is 11.3 Å². The van der Waals surface area contributed by atoms with E-state index in [9.17, 15) is 24.9 Å². The van der Waals surface area contributed by atoms with Gasteiger partial charge in [0.05, 0.1) is 18.8 Å². The van der Waals surface area contributed by atoms with Gasteiger partial charge in [-0.05, 0) is 29.7 Å². The fourth-order valence-electron chi connectivity index (χ4n) is 3.80. The Balaban J connectivity index is 1.72. The minimum absolute atomic E-state index is 0.0696. The largest absolute Gasteiger partial charge is 0.394 e. The average Bonchev–Trinajstić information content (AvgIpc) is 3.07. The van der Waals surface area contributed by atoms with Crippen molar-refractivity contribution in [3.8, 4) is 11.1 Å². The molecule has 9 nitrogen and oxygen atoms in total. The predicted molar refractivity (Wildman–Crippen MR) is 111 cm³/mol. The Bertz CT molecular complexity index is 1190. The van der Waals surface area contributed by atoms with Crippen LogP contribution in [-0.4, -0.2) is 54.4 Å². The van der Waals surface area contributed by atoms with E-state index in [1.807, 2.05) is 43.3 Å². The van der Waals surface area contributed by atoms with E-state index < -0.39 is 42.4 Å². The van der Waals surface area contributed by atoms with E-state index in [0.29, 0.717) is 5.69 Å². The Morgan fingerprint density at radius 3 is 2.48 bits per heavy atom. The lowest BCUT2D eigenvalue weighted by molar-refractivity contribution is -0.0555. The predicted octanol–water partition coefficient (Wildman–Crippen LogP) is 0.0402. The van der Waals surface area contributed by atoms with Gasteiger partial charge in [0.15, 0.2) is 6.23 Å². The van der Waals surface area contributed by atoms with Gasteiger partial charge in [0.1, 0.15) is 18.3 Å². The molecule has 4 atom stereocenters. The number of pyridine rings is 1. The first-order chi connectivity index (χ1) is 14.9. The number of nitrogens with zero attached hydrogens (tertiary/aromatic N) is 3. The zero-order chi connectivity index (χ0) is 22.1. The summed E-state index contributed by atoms with van der Waals surface area (Å²) in [5, 5.41) is 29.5. The SMILES string of the molecule is Cc1c(-c2ccccc2)ccnc1Cn1c(=O)ccn([C@@H]2O[C@H](CO)[C@H](O)C2O)c1=O. The van der Waals surface area contributed by atoms with Crippen LogP contribution in [0.3, 0.4) is 0 Å². The number of hydrogen-bond acceptors (Lipinski definition) is 7. The molecule has 0 spiro atoms. The van der Waals surface area contributed by atoms with Crippen molar-refractivity contribution in [2.45, 2.75) is 38.0 Å². The van der Waals surface area contributed by atoms with Crippen LogP contribution in [0.2, 0.25) is 0 Å². The van der Waals surface area contributed by atoms with Crippen LogP contribution in [0.15, 0.2) is 64.4 Å². The Morgan fingerprint density at radius 1 is 1.06 bits per heavy atom. The van der Waals surface area contributed by atoms with Gasteiger partial charge in [0.2, 0.25) is 0 Å². The molecule has 1 aliphatic heterocycles. The summed E-state index contributed by atoms with van der Waals surface area (Å²) in [4.78, 5) is 29.9. The third kappa shape index (κ3) is 3.84. The van der Waals surface area contributed by atoms with Gasteiger partial charge >= 0.3 is 5.69 Å². The molecule has 1 saturated heterocycles. The maximum atomic E-state index is 13.1. The lowest BCUT2D eigenvalue weighted by Crippen LogP contribution is -2.43. The van der Waals surface area contributed by atoms with Crippen molar-refractivity contribution in [2.24, 2.45) is 0 Å². The second-order valence-electron chi connectivity index (χ2n) is 7.46. The van der Waals surface area contributed by atoms with Crippen LogP contribution in [0, 0.1) is 6.92 Å². The molecule has 1 aromatic carbocycles. The van der Waals surface area contributed by atoms with E-state index in [1.54, 1.807) is 6.20 Å². The lowest BCUT2D eigenvalue weighted by atomic mass is 10.0. The number of ether oxygens (including phenoxy) is 1. The second-order valence-corrected chi connectivity index (χ2v) is 7.46. The first kappa shape index (κ1) is 21.1. The van der Waals surface area contributed by atoms with Crippen molar-refractivity contribution in [3.05, 3.63) is 87.0 Å². The Kier molecular flexibility index (Phi) is 5.84. The molecule has 4 rings (SSSR count). The first-order valence-electron chi connectivity index (χ1n) is 9.86. The molecule has 3 heterocycles. The van der Waals surface area contributed by atoms with Gasteiger partial charge in [-0.25, -0.2) is 4.79 Å². The van der Waals surface area contributed by atoms with Gasteiger partial charge < -0.3 is 20.1 Å². The Morgan fingerprint density at radius 2 is 1.81 bits per heavy atom. The maximum Gasteiger partial charge on any atom is 0.333 e. The summed E-state index contributed by atoms with van der Waals surface area (Å²) in [6, 6.07) is 12.8. The average molecular weight is 425 g/mol. The molecule has 162 valence electrons. The summed E-state index contributed by atoms with van der Waals surface area (Å²) in [7, 11) is 0. The van der Waals surface area contributed by atoms with Crippen LogP contribution in [0.5, 0.6) is 0 Å². The zero-order valence-electron chi connectivity index (χ0n) is 16.8. The highest BCUT2D eigenvalue weighted by atomic mass is 16.6.